The summed E-state index contributed by atoms with van der Waals surface area (Å²) in [6, 6.07) is 5.14. The Morgan fingerprint density at radius 3 is 3.00 bits per heavy atom. The number of hydrogen-bond donors (Lipinski definition) is 1. The van der Waals surface area contributed by atoms with E-state index in [9.17, 15) is 4.21 Å². The molecule has 0 aromatic heterocycles. The van der Waals surface area contributed by atoms with Gasteiger partial charge in [-0.2, -0.15) is 0 Å². The Morgan fingerprint density at radius 2 is 2.25 bits per heavy atom. The Hall–Kier alpha value is -0.620. The molecule has 3 atom stereocenters. The predicted octanol–water partition coefficient (Wildman–Crippen LogP) is 2.37. The molecule has 110 valence electrons. The zero-order valence-corrected chi connectivity index (χ0v) is 12.7. The maximum Gasteiger partial charge on any atom is 0.0948 e. The molecular formula is C14H18ClNO3S. The lowest BCUT2D eigenvalue weighted by atomic mass is 9.93. The molecule has 0 amide bonds. The van der Waals surface area contributed by atoms with Crippen molar-refractivity contribution in [2.75, 3.05) is 25.6 Å². The Kier molecular flexibility index (Phi) is 4.04. The van der Waals surface area contributed by atoms with Gasteiger partial charge in [0.25, 0.3) is 0 Å². The van der Waals surface area contributed by atoms with Gasteiger partial charge in [0.1, 0.15) is 0 Å². The summed E-state index contributed by atoms with van der Waals surface area (Å²) in [5.74, 6) is 0. The fourth-order valence-electron chi connectivity index (χ4n) is 2.89. The molecule has 1 spiro atoms. The van der Waals surface area contributed by atoms with Crippen LogP contribution >= 0.6 is 11.6 Å². The minimum Gasteiger partial charge on any atom is -0.398 e. The fourth-order valence-corrected chi connectivity index (χ4v) is 4.80. The summed E-state index contributed by atoms with van der Waals surface area (Å²) in [6.07, 6.45) is 2.41. The molecule has 1 aromatic rings. The Bertz CT molecular complexity index is 531. The van der Waals surface area contributed by atoms with Crippen molar-refractivity contribution in [2.45, 2.75) is 35.0 Å². The van der Waals surface area contributed by atoms with Crippen molar-refractivity contribution in [1.29, 1.82) is 0 Å². The number of benzene rings is 1. The van der Waals surface area contributed by atoms with Gasteiger partial charge in [-0.3, -0.25) is 4.21 Å². The molecule has 2 fully saturated rings. The molecule has 2 heterocycles. The first kappa shape index (κ1) is 14.3. The molecule has 0 radical (unpaired) electrons. The van der Waals surface area contributed by atoms with Gasteiger partial charge in [-0.15, -0.1) is 0 Å². The largest absolute Gasteiger partial charge is 0.398 e. The summed E-state index contributed by atoms with van der Waals surface area (Å²) < 4.78 is 24.1. The molecule has 0 saturated carbocycles. The number of nitrogens with two attached hydrogens (primary N) is 1. The second-order valence-corrected chi connectivity index (χ2v) is 7.57. The monoisotopic (exact) mass is 315 g/mol. The number of nitrogen functional groups attached to an aromatic ring is 1. The van der Waals surface area contributed by atoms with Crippen LogP contribution in [0.4, 0.5) is 5.69 Å². The van der Waals surface area contributed by atoms with E-state index < -0.39 is 10.8 Å². The van der Waals surface area contributed by atoms with Gasteiger partial charge in [0.15, 0.2) is 0 Å². The first-order valence-electron chi connectivity index (χ1n) is 6.77. The zero-order chi connectivity index (χ0) is 14.2. The van der Waals surface area contributed by atoms with E-state index in [2.05, 4.69) is 0 Å². The number of halogens is 1. The first-order valence-corrected chi connectivity index (χ1v) is 8.36. The molecule has 3 unspecified atom stereocenters. The molecule has 0 bridgehead atoms. The zero-order valence-electron chi connectivity index (χ0n) is 11.1. The van der Waals surface area contributed by atoms with E-state index in [1.807, 2.05) is 0 Å². The molecule has 2 saturated heterocycles. The molecule has 6 heteroatoms. The van der Waals surface area contributed by atoms with Crippen LogP contribution in [0.2, 0.25) is 5.02 Å². The number of rotatable bonds is 2. The van der Waals surface area contributed by atoms with E-state index >= 15 is 0 Å². The minimum atomic E-state index is -1.16. The van der Waals surface area contributed by atoms with Crippen molar-refractivity contribution in [3.05, 3.63) is 23.2 Å². The van der Waals surface area contributed by atoms with Gasteiger partial charge in [0.05, 0.1) is 27.9 Å². The highest BCUT2D eigenvalue weighted by molar-refractivity contribution is 7.85. The van der Waals surface area contributed by atoms with Gasteiger partial charge < -0.3 is 15.2 Å². The molecular weight excluding hydrogens is 298 g/mol. The minimum absolute atomic E-state index is 0.0474. The van der Waals surface area contributed by atoms with Crippen molar-refractivity contribution in [3.8, 4) is 0 Å². The number of hydrogen-bond acceptors (Lipinski definition) is 4. The van der Waals surface area contributed by atoms with Crippen LogP contribution in [0.3, 0.4) is 0 Å². The summed E-state index contributed by atoms with van der Waals surface area (Å²) in [4.78, 5) is 0.637. The van der Waals surface area contributed by atoms with Crippen molar-refractivity contribution >= 4 is 28.1 Å². The maximum absolute atomic E-state index is 12.8. The summed E-state index contributed by atoms with van der Waals surface area (Å²) >= 11 is 5.99. The van der Waals surface area contributed by atoms with E-state index in [0.29, 0.717) is 28.8 Å². The van der Waals surface area contributed by atoms with Gasteiger partial charge in [-0.1, -0.05) is 11.6 Å². The molecule has 2 aliphatic heterocycles. The number of ether oxygens (including phenoxy) is 2. The SMILES string of the molecule is Nc1ccc(Cl)cc1S(=O)C1CCOC2(CCOC2)C1. The summed E-state index contributed by atoms with van der Waals surface area (Å²) in [6.45, 7) is 1.95. The maximum atomic E-state index is 12.8. The molecule has 0 aliphatic carbocycles. The Labute approximate surface area is 126 Å². The van der Waals surface area contributed by atoms with E-state index in [1.54, 1.807) is 18.2 Å². The lowest BCUT2D eigenvalue weighted by Gasteiger charge is -2.36. The average molecular weight is 316 g/mol. The summed E-state index contributed by atoms with van der Waals surface area (Å²) in [7, 11) is -1.16. The normalized spacial score (nSPS) is 31.6. The standard InChI is InChI=1S/C14H18ClNO3S/c15-10-1-2-12(16)13(7-10)20(17)11-3-5-19-14(8-11)4-6-18-9-14/h1-2,7,11H,3-6,8-9,16H2. The van der Waals surface area contributed by atoms with Crippen molar-refractivity contribution in [2.24, 2.45) is 0 Å². The van der Waals surface area contributed by atoms with Crippen LogP contribution in [-0.2, 0) is 20.3 Å². The fraction of sp³-hybridized carbons (Fsp3) is 0.571. The lowest BCUT2D eigenvalue weighted by molar-refractivity contribution is -0.0774. The molecule has 2 N–H and O–H groups in total. The summed E-state index contributed by atoms with van der Waals surface area (Å²) in [5.41, 5.74) is 6.23. The van der Waals surface area contributed by atoms with Gasteiger partial charge in [0.2, 0.25) is 0 Å². The van der Waals surface area contributed by atoms with Crippen LogP contribution < -0.4 is 5.73 Å². The van der Waals surface area contributed by atoms with Gasteiger partial charge in [-0.05, 0) is 31.0 Å². The van der Waals surface area contributed by atoms with Crippen molar-refractivity contribution in [1.82, 2.24) is 0 Å². The Morgan fingerprint density at radius 1 is 1.40 bits per heavy atom. The first-order chi connectivity index (χ1) is 9.60. The third kappa shape index (κ3) is 2.72. The van der Waals surface area contributed by atoms with E-state index in [1.165, 1.54) is 0 Å². The molecule has 4 nitrogen and oxygen atoms in total. The van der Waals surface area contributed by atoms with Crippen LogP contribution in [0, 0.1) is 0 Å². The molecule has 3 rings (SSSR count). The third-order valence-corrected chi connectivity index (χ3v) is 6.04. The molecule has 1 aromatic carbocycles. The van der Waals surface area contributed by atoms with Gasteiger partial charge in [0, 0.05) is 35.6 Å². The lowest BCUT2D eigenvalue weighted by Crippen LogP contribution is -2.43. The topological polar surface area (TPSA) is 61.6 Å². The van der Waals surface area contributed by atoms with E-state index in [4.69, 9.17) is 26.8 Å². The highest BCUT2D eigenvalue weighted by Crippen LogP contribution is 2.37. The van der Waals surface area contributed by atoms with Crippen molar-refractivity contribution in [3.63, 3.8) is 0 Å². The smallest absolute Gasteiger partial charge is 0.0948 e. The van der Waals surface area contributed by atoms with E-state index in [-0.39, 0.29) is 10.9 Å². The summed E-state index contributed by atoms with van der Waals surface area (Å²) in [5, 5.41) is 0.611. The van der Waals surface area contributed by atoms with Crippen LogP contribution in [0.15, 0.2) is 23.1 Å². The van der Waals surface area contributed by atoms with Crippen LogP contribution in [-0.4, -0.2) is 34.9 Å². The van der Waals surface area contributed by atoms with Crippen LogP contribution in [0.5, 0.6) is 0 Å². The highest BCUT2D eigenvalue weighted by atomic mass is 35.5. The van der Waals surface area contributed by atoms with Crippen LogP contribution in [0.25, 0.3) is 0 Å². The highest BCUT2D eigenvalue weighted by Gasteiger charge is 2.43. The number of anilines is 1. The van der Waals surface area contributed by atoms with Crippen LogP contribution in [0.1, 0.15) is 19.3 Å². The quantitative estimate of drug-likeness (QED) is 0.851. The van der Waals surface area contributed by atoms with Gasteiger partial charge >= 0.3 is 0 Å². The Balaban J connectivity index is 1.81. The molecule has 20 heavy (non-hydrogen) atoms. The van der Waals surface area contributed by atoms with E-state index in [0.717, 1.165) is 25.9 Å². The average Bonchev–Trinajstić information content (AvgIpc) is 2.88. The van der Waals surface area contributed by atoms with Crippen molar-refractivity contribution < 1.29 is 13.7 Å². The second kappa shape index (κ2) is 5.64. The second-order valence-electron chi connectivity index (χ2n) is 5.43. The molecule has 2 aliphatic rings. The van der Waals surface area contributed by atoms with Gasteiger partial charge in [-0.25, -0.2) is 0 Å². The third-order valence-electron chi connectivity index (χ3n) is 4.01. The predicted molar refractivity (Wildman–Crippen MR) is 79.4 cm³/mol.